The van der Waals surface area contributed by atoms with Crippen LogP contribution in [0.4, 0.5) is 0 Å². The molecule has 0 radical (unpaired) electrons. The summed E-state index contributed by atoms with van der Waals surface area (Å²) in [4.78, 5) is 11.9. The Kier molecular flexibility index (Phi) is 10.7. The van der Waals surface area contributed by atoms with Gasteiger partial charge in [0.15, 0.2) is 16.6 Å². The SMILES string of the molecule is C=C1/C(=C/C=C2/CCCC3(C)C2CCC3C(C)CC2CCC(=O)C2)CC(O[Si](C)(C)C(C)(C)C)CC1O[Si](C)(C)C(C)(C)C. The first-order chi connectivity index (χ1) is 20.1. The summed E-state index contributed by atoms with van der Waals surface area (Å²) in [6.45, 7) is 33.3. The fraction of sp³-hybridized carbons (Fsp3) is 0.821. The highest BCUT2D eigenvalue weighted by Gasteiger charge is 2.51. The van der Waals surface area contributed by atoms with Gasteiger partial charge in [0.05, 0.1) is 12.2 Å². The number of carbonyl (C=O) groups is 1. The van der Waals surface area contributed by atoms with Crippen molar-refractivity contribution in [1.29, 1.82) is 0 Å². The van der Waals surface area contributed by atoms with Crippen molar-refractivity contribution < 1.29 is 13.6 Å². The molecule has 4 fully saturated rings. The number of ketones is 1. The van der Waals surface area contributed by atoms with Gasteiger partial charge in [0, 0.05) is 19.3 Å². The molecule has 4 aliphatic rings. The zero-order valence-electron chi connectivity index (χ0n) is 30.8. The van der Waals surface area contributed by atoms with E-state index in [1.807, 2.05) is 0 Å². The average Bonchev–Trinajstić information content (AvgIpc) is 3.45. The van der Waals surface area contributed by atoms with Crippen molar-refractivity contribution in [3.63, 3.8) is 0 Å². The van der Waals surface area contributed by atoms with E-state index in [0.29, 0.717) is 29.0 Å². The molecule has 4 aliphatic carbocycles. The van der Waals surface area contributed by atoms with Crippen LogP contribution < -0.4 is 0 Å². The maximum absolute atomic E-state index is 11.9. The molecular formula is C39H68O3Si2. The van der Waals surface area contributed by atoms with Crippen LogP contribution in [0.5, 0.6) is 0 Å². The van der Waals surface area contributed by atoms with E-state index in [-0.39, 0.29) is 22.3 Å². The van der Waals surface area contributed by atoms with Crippen LogP contribution in [0, 0.1) is 29.1 Å². The lowest BCUT2D eigenvalue weighted by atomic mass is 9.60. The molecule has 0 N–H and O–H groups in total. The van der Waals surface area contributed by atoms with E-state index in [1.165, 1.54) is 49.7 Å². The van der Waals surface area contributed by atoms with Gasteiger partial charge < -0.3 is 8.85 Å². The van der Waals surface area contributed by atoms with Crippen molar-refractivity contribution in [2.45, 2.75) is 174 Å². The van der Waals surface area contributed by atoms with Crippen LogP contribution in [0.3, 0.4) is 0 Å². The van der Waals surface area contributed by atoms with Crippen LogP contribution >= 0.6 is 0 Å². The van der Waals surface area contributed by atoms with E-state index in [4.69, 9.17) is 8.85 Å². The largest absolute Gasteiger partial charge is 0.413 e. The number of rotatable bonds is 8. The van der Waals surface area contributed by atoms with Gasteiger partial charge in [-0.2, -0.15) is 0 Å². The normalized spacial score (nSPS) is 35.0. The molecule has 44 heavy (non-hydrogen) atoms. The predicted octanol–water partition coefficient (Wildman–Crippen LogP) is 11.6. The van der Waals surface area contributed by atoms with E-state index in [2.05, 4.69) is 100 Å². The first-order valence-corrected chi connectivity index (χ1v) is 23.9. The topological polar surface area (TPSA) is 35.5 Å². The van der Waals surface area contributed by atoms with Crippen LogP contribution in [0.2, 0.25) is 36.3 Å². The van der Waals surface area contributed by atoms with Crippen LogP contribution in [-0.2, 0) is 13.6 Å². The van der Waals surface area contributed by atoms with E-state index in [9.17, 15) is 4.79 Å². The van der Waals surface area contributed by atoms with Gasteiger partial charge in [-0.15, -0.1) is 0 Å². The molecule has 0 saturated heterocycles. The minimum Gasteiger partial charge on any atom is -0.413 e. The Balaban J connectivity index is 1.57. The number of Topliss-reactive ketones (excluding diaryl/α,β-unsaturated/α-hetero) is 1. The van der Waals surface area contributed by atoms with Crippen LogP contribution in [0.1, 0.15) is 126 Å². The van der Waals surface area contributed by atoms with E-state index < -0.39 is 16.6 Å². The first-order valence-electron chi connectivity index (χ1n) is 18.1. The van der Waals surface area contributed by atoms with Gasteiger partial charge in [0.2, 0.25) is 0 Å². The molecule has 4 saturated carbocycles. The van der Waals surface area contributed by atoms with Crippen LogP contribution in [0.25, 0.3) is 0 Å². The second kappa shape index (κ2) is 13.0. The van der Waals surface area contributed by atoms with Gasteiger partial charge in [-0.25, -0.2) is 0 Å². The maximum atomic E-state index is 11.9. The Hall–Kier alpha value is -0.756. The summed E-state index contributed by atoms with van der Waals surface area (Å²) < 4.78 is 14.2. The quantitative estimate of drug-likeness (QED) is 0.248. The molecular weight excluding hydrogens is 573 g/mol. The molecule has 4 rings (SSSR count). The zero-order valence-corrected chi connectivity index (χ0v) is 32.8. The minimum atomic E-state index is -1.97. The molecule has 0 bridgehead atoms. The van der Waals surface area contributed by atoms with Gasteiger partial charge in [0.1, 0.15) is 5.78 Å². The summed E-state index contributed by atoms with van der Waals surface area (Å²) in [6, 6.07) is 0. The number of carbonyl (C=O) groups excluding carboxylic acids is 1. The first kappa shape index (κ1) is 36.1. The van der Waals surface area contributed by atoms with Gasteiger partial charge >= 0.3 is 0 Å². The third kappa shape index (κ3) is 7.68. The lowest BCUT2D eigenvalue weighted by molar-refractivity contribution is -0.117. The molecule has 0 aliphatic heterocycles. The van der Waals surface area contributed by atoms with Crippen molar-refractivity contribution in [1.82, 2.24) is 0 Å². The minimum absolute atomic E-state index is 0.0276. The molecule has 0 aromatic carbocycles. The van der Waals surface area contributed by atoms with E-state index in [1.54, 1.807) is 5.57 Å². The fourth-order valence-corrected chi connectivity index (χ4v) is 11.4. The van der Waals surface area contributed by atoms with Crippen molar-refractivity contribution in [2.75, 3.05) is 0 Å². The molecule has 7 atom stereocenters. The highest BCUT2D eigenvalue weighted by molar-refractivity contribution is 6.74. The van der Waals surface area contributed by atoms with Crippen LogP contribution in [-0.4, -0.2) is 34.6 Å². The number of hydrogen-bond donors (Lipinski definition) is 0. The monoisotopic (exact) mass is 640 g/mol. The second-order valence-corrected chi connectivity index (χ2v) is 28.2. The molecule has 3 nitrogen and oxygen atoms in total. The van der Waals surface area contributed by atoms with Gasteiger partial charge in [-0.3, -0.25) is 4.79 Å². The number of fused-ring (bicyclic) bond motifs is 1. The molecule has 0 aromatic heterocycles. The fourth-order valence-electron chi connectivity index (χ4n) is 8.76. The molecule has 0 aromatic rings. The predicted molar refractivity (Wildman–Crippen MR) is 193 cm³/mol. The molecule has 7 unspecified atom stereocenters. The molecule has 0 heterocycles. The number of hydrogen-bond acceptors (Lipinski definition) is 3. The Morgan fingerprint density at radius 2 is 1.57 bits per heavy atom. The van der Waals surface area contributed by atoms with Gasteiger partial charge in [-0.05, 0) is 128 Å². The summed E-state index contributed by atoms with van der Waals surface area (Å²) in [7, 11) is -3.90. The van der Waals surface area contributed by atoms with Gasteiger partial charge in [0.25, 0.3) is 0 Å². The summed E-state index contributed by atoms with van der Waals surface area (Å²) >= 11 is 0. The second-order valence-electron chi connectivity index (χ2n) is 18.7. The Morgan fingerprint density at radius 3 is 2.16 bits per heavy atom. The Bertz CT molecular complexity index is 1130. The standard InChI is InChI=1S/C39H68O3Si2/c1-27(23-29-16-19-32(40)24-29)34-20-21-35-30(15-14-22-39(34,35)9)17-18-31-25-33(41-43(10,11)37(3,4)5)26-36(28(31)2)42-44(12,13)38(6,7)8/h17-18,27,29,33-36H,2,14-16,19-26H2,1,3-13H3/b30-17-,31-18+. The summed E-state index contributed by atoms with van der Waals surface area (Å²) in [5.74, 6) is 3.28. The lowest BCUT2D eigenvalue weighted by Crippen LogP contribution is -2.49. The Labute approximate surface area is 274 Å². The highest BCUT2D eigenvalue weighted by Crippen LogP contribution is 2.60. The molecule has 0 amide bonds. The molecule has 5 heteroatoms. The highest BCUT2D eigenvalue weighted by atomic mass is 28.4. The van der Waals surface area contributed by atoms with Crippen LogP contribution in [0.15, 0.2) is 35.5 Å². The number of allylic oxidation sites excluding steroid dienone is 3. The third-order valence-electron chi connectivity index (χ3n) is 13.5. The lowest BCUT2D eigenvalue weighted by Gasteiger charge is -2.46. The summed E-state index contributed by atoms with van der Waals surface area (Å²) in [5, 5.41) is 0.335. The maximum Gasteiger partial charge on any atom is 0.192 e. The Morgan fingerprint density at radius 1 is 0.932 bits per heavy atom. The third-order valence-corrected chi connectivity index (χ3v) is 22.5. The molecule has 0 spiro atoms. The van der Waals surface area contributed by atoms with E-state index >= 15 is 0 Å². The average molecular weight is 641 g/mol. The van der Waals surface area contributed by atoms with Crippen molar-refractivity contribution >= 4 is 22.4 Å². The smallest absolute Gasteiger partial charge is 0.192 e. The van der Waals surface area contributed by atoms with Crippen molar-refractivity contribution in [3.8, 4) is 0 Å². The van der Waals surface area contributed by atoms with Gasteiger partial charge in [-0.1, -0.05) is 79.7 Å². The summed E-state index contributed by atoms with van der Waals surface area (Å²) in [5.41, 5.74) is 4.58. The van der Waals surface area contributed by atoms with Crippen molar-refractivity contribution in [3.05, 3.63) is 35.5 Å². The molecule has 250 valence electrons. The zero-order chi connectivity index (χ0) is 32.9. The summed E-state index contributed by atoms with van der Waals surface area (Å²) in [6.07, 6.45) is 17.6. The van der Waals surface area contributed by atoms with E-state index in [0.717, 1.165) is 38.0 Å². The van der Waals surface area contributed by atoms with Crippen molar-refractivity contribution in [2.24, 2.45) is 29.1 Å².